The van der Waals surface area contributed by atoms with Crippen LogP contribution in [0.15, 0.2) is 36.4 Å². The zero-order valence-electron chi connectivity index (χ0n) is 14.3. The van der Waals surface area contributed by atoms with E-state index in [1.807, 2.05) is 0 Å². The molecule has 0 bridgehead atoms. The molecule has 0 amide bonds. The molecule has 0 unspecified atom stereocenters. The lowest BCUT2D eigenvalue weighted by atomic mass is 9.93. The van der Waals surface area contributed by atoms with Gasteiger partial charge in [0.05, 0.1) is 6.07 Å². The maximum absolute atomic E-state index is 9.01. The van der Waals surface area contributed by atoms with E-state index in [2.05, 4.69) is 68.1 Å². The first-order valence-corrected chi connectivity index (χ1v) is 8.41. The Kier molecular flexibility index (Phi) is 4.39. The molecule has 2 aromatic rings. The molecule has 0 aliphatic carbocycles. The highest BCUT2D eigenvalue weighted by Crippen LogP contribution is 2.31. The molecule has 1 heterocycles. The van der Waals surface area contributed by atoms with E-state index in [4.69, 9.17) is 5.26 Å². The highest BCUT2D eigenvalue weighted by molar-refractivity contribution is 5.73. The Balaban J connectivity index is 1.82. The fourth-order valence-electron chi connectivity index (χ4n) is 3.74. The quantitative estimate of drug-likeness (QED) is 0.779. The molecular formula is C21H24N2. The molecule has 0 N–H and O–H groups in total. The summed E-state index contributed by atoms with van der Waals surface area (Å²) in [5.41, 5.74) is 7.91. The number of hydrogen-bond acceptors (Lipinski definition) is 2. The van der Waals surface area contributed by atoms with Crippen LogP contribution >= 0.6 is 0 Å². The zero-order valence-corrected chi connectivity index (χ0v) is 14.3. The molecule has 1 fully saturated rings. The average molecular weight is 304 g/mol. The summed E-state index contributed by atoms with van der Waals surface area (Å²) in [6, 6.07) is 15.8. The number of hydrogen-bond donors (Lipinski definition) is 0. The molecule has 3 rings (SSSR count). The second kappa shape index (κ2) is 6.46. The predicted octanol–water partition coefficient (Wildman–Crippen LogP) is 5.02. The molecule has 1 aliphatic rings. The van der Waals surface area contributed by atoms with Crippen molar-refractivity contribution >= 4 is 5.69 Å². The number of nitrogens with zero attached hydrogens (tertiary/aromatic N) is 2. The summed E-state index contributed by atoms with van der Waals surface area (Å²) in [5.74, 6) is 0.239. The molecule has 1 aliphatic heterocycles. The third kappa shape index (κ3) is 3.24. The van der Waals surface area contributed by atoms with Gasteiger partial charge in [-0.3, -0.25) is 0 Å². The third-order valence-electron chi connectivity index (χ3n) is 4.88. The van der Waals surface area contributed by atoms with Crippen LogP contribution in [0.25, 0.3) is 11.1 Å². The molecule has 0 aromatic heterocycles. The molecule has 0 saturated carbocycles. The molecule has 0 spiro atoms. The van der Waals surface area contributed by atoms with Gasteiger partial charge in [-0.25, -0.2) is 0 Å². The Bertz CT molecular complexity index is 706. The summed E-state index contributed by atoms with van der Waals surface area (Å²) in [4.78, 5) is 2.40. The topological polar surface area (TPSA) is 27.0 Å². The monoisotopic (exact) mass is 304 g/mol. The highest BCUT2D eigenvalue weighted by atomic mass is 15.1. The normalized spacial score (nSPS) is 15.5. The maximum atomic E-state index is 9.01. The van der Waals surface area contributed by atoms with Crippen molar-refractivity contribution in [1.82, 2.24) is 0 Å². The van der Waals surface area contributed by atoms with Crippen LogP contribution in [0.4, 0.5) is 5.69 Å². The first kappa shape index (κ1) is 15.6. The van der Waals surface area contributed by atoms with Gasteiger partial charge in [0, 0.05) is 24.7 Å². The molecule has 1 saturated heterocycles. The number of anilines is 1. The molecule has 0 atom stereocenters. The van der Waals surface area contributed by atoms with Crippen molar-refractivity contribution in [2.45, 2.75) is 33.6 Å². The van der Waals surface area contributed by atoms with Crippen molar-refractivity contribution in [1.29, 1.82) is 5.26 Å². The van der Waals surface area contributed by atoms with E-state index in [0.29, 0.717) is 0 Å². The van der Waals surface area contributed by atoms with Crippen LogP contribution in [-0.2, 0) is 0 Å². The highest BCUT2D eigenvalue weighted by Gasteiger charge is 2.19. The van der Waals surface area contributed by atoms with Gasteiger partial charge in [0.1, 0.15) is 0 Å². The number of piperidine rings is 1. The minimum absolute atomic E-state index is 0.239. The van der Waals surface area contributed by atoms with Crippen molar-refractivity contribution in [3.05, 3.63) is 53.1 Å². The number of nitriles is 1. The Morgan fingerprint density at radius 3 is 2.04 bits per heavy atom. The SMILES string of the molecule is Cc1cc(C)c(-c2ccc(N3CCC(C#N)CC3)cc2)c(C)c1. The second-order valence-electron chi connectivity index (χ2n) is 6.71. The van der Waals surface area contributed by atoms with Gasteiger partial charge < -0.3 is 4.90 Å². The van der Waals surface area contributed by atoms with Gasteiger partial charge in [-0.1, -0.05) is 29.8 Å². The van der Waals surface area contributed by atoms with Crippen molar-refractivity contribution in [2.24, 2.45) is 5.92 Å². The summed E-state index contributed by atoms with van der Waals surface area (Å²) in [5, 5.41) is 9.01. The Labute approximate surface area is 139 Å². The Hall–Kier alpha value is -2.27. The second-order valence-corrected chi connectivity index (χ2v) is 6.71. The van der Waals surface area contributed by atoms with Gasteiger partial charge in [0.25, 0.3) is 0 Å². The molecule has 23 heavy (non-hydrogen) atoms. The summed E-state index contributed by atoms with van der Waals surface area (Å²) >= 11 is 0. The fourth-order valence-corrected chi connectivity index (χ4v) is 3.74. The number of benzene rings is 2. The molecular weight excluding hydrogens is 280 g/mol. The van der Waals surface area contributed by atoms with Gasteiger partial charge in [-0.15, -0.1) is 0 Å². The smallest absolute Gasteiger partial charge is 0.0657 e. The molecule has 118 valence electrons. The lowest BCUT2D eigenvalue weighted by Gasteiger charge is -2.31. The zero-order chi connectivity index (χ0) is 16.4. The van der Waals surface area contributed by atoms with Crippen molar-refractivity contribution < 1.29 is 0 Å². The van der Waals surface area contributed by atoms with Crippen LogP contribution in [0.2, 0.25) is 0 Å². The first-order valence-electron chi connectivity index (χ1n) is 8.41. The lowest BCUT2D eigenvalue weighted by Crippen LogP contribution is -2.33. The van der Waals surface area contributed by atoms with Crippen LogP contribution in [0.5, 0.6) is 0 Å². The summed E-state index contributed by atoms with van der Waals surface area (Å²) < 4.78 is 0. The van der Waals surface area contributed by atoms with Crippen LogP contribution in [-0.4, -0.2) is 13.1 Å². The maximum Gasteiger partial charge on any atom is 0.0657 e. The van der Waals surface area contributed by atoms with Crippen LogP contribution in [0.3, 0.4) is 0 Å². The average Bonchev–Trinajstić information content (AvgIpc) is 2.55. The number of aryl methyl sites for hydroxylation is 3. The molecule has 0 radical (unpaired) electrons. The van der Waals surface area contributed by atoms with Gasteiger partial charge in [0.15, 0.2) is 0 Å². The minimum Gasteiger partial charge on any atom is -0.371 e. The standard InChI is InChI=1S/C21H24N2/c1-15-12-16(2)21(17(3)13-15)19-4-6-20(7-5-19)23-10-8-18(14-22)9-11-23/h4-7,12-13,18H,8-11H2,1-3H3. The van der Waals surface area contributed by atoms with Crippen molar-refractivity contribution in [2.75, 3.05) is 18.0 Å². The molecule has 2 aromatic carbocycles. The van der Waals surface area contributed by atoms with E-state index < -0.39 is 0 Å². The van der Waals surface area contributed by atoms with E-state index in [1.165, 1.54) is 33.5 Å². The first-order chi connectivity index (χ1) is 11.1. The largest absolute Gasteiger partial charge is 0.371 e. The van der Waals surface area contributed by atoms with E-state index >= 15 is 0 Å². The predicted molar refractivity (Wildman–Crippen MR) is 96.6 cm³/mol. The van der Waals surface area contributed by atoms with E-state index in [9.17, 15) is 0 Å². The van der Waals surface area contributed by atoms with Gasteiger partial charge >= 0.3 is 0 Å². The van der Waals surface area contributed by atoms with Gasteiger partial charge in [0.2, 0.25) is 0 Å². The third-order valence-corrected chi connectivity index (χ3v) is 4.88. The van der Waals surface area contributed by atoms with E-state index in [-0.39, 0.29) is 5.92 Å². The summed E-state index contributed by atoms with van der Waals surface area (Å²) in [7, 11) is 0. The van der Waals surface area contributed by atoms with Crippen LogP contribution < -0.4 is 4.90 Å². The van der Waals surface area contributed by atoms with Crippen molar-refractivity contribution in [3.63, 3.8) is 0 Å². The Morgan fingerprint density at radius 1 is 0.957 bits per heavy atom. The minimum atomic E-state index is 0.239. The van der Waals surface area contributed by atoms with Crippen molar-refractivity contribution in [3.8, 4) is 17.2 Å². The van der Waals surface area contributed by atoms with E-state index in [0.717, 1.165) is 25.9 Å². The van der Waals surface area contributed by atoms with Gasteiger partial charge in [-0.2, -0.15) is 5.26 Å². The summed E-state index contributed by atoms with van der Waals surface area (Å²) in [6.07, 6.45) is 1.96. The van der Waals surface area contributed by atoms with Gasteiger partial charge in [-0.05, 0) is 68.0 Å². The lowest BCUT2D eigenvalue weighted by molar-refractivity contribution is 0.488. The fraction of sp³-hybridized carbons (Fsp3) is 0.381. The summed E-state index contributed by atoms with van der Waals surface area (Å²) in [6.45, 7) is 8.50. The number of rotatable bonds is 2. The van der Waals surface area contributed by atoms with E-state index in [1.54, 1.807) is 0 Å². The molecule has 2 heteroatoms. The molecule has 2 nitrogen and oxygen atoms in total. The van der Waals surface area contributed by atoms with Crippen LogP contribution in [0, 0.1) is 38.0 Å². The Morgan fingerprint density at radius 2 is 1.52 bits per heavy atom. The van der Waals surface area contributed by atoms with Crippen LogP contribution in [0.1, 0.15) is 29.5 Å².